The SMILES string of the molecule is CC1OC2C(CO)OC(n3cnc(C(N)=O)n3)C2O1. The summed E-state index contributed by atoms with van der Waals surface area (Å²) in [4.78, 5) is 14.8. The van der Waals surface area contributed by atoms with Gasteiger partial charge in [0.25, 0.3) is 5.91 Å². The van der Waals surface area contributed by atoms with Crippen molar-refractivity contribution >= 4 is 5.91 Å². The number of nitrogens with zero attached hydrogens (tertiary/aromatic N) is 3. The molecule has 3 rings (SSSR count). The van der Waals surface area contributed by atoms with Crippen molar-refractivity contribution in [2.75, 3.05) is 6.61 Å². The molecule has 2 fully saturated rings. The van der Waals surface area contributed by atoms with E-state index in [2.05, 4.69) is 10.1 Å². The first kappa shape index (κ1) is 12.5. The van der Waals surface area contributed by atoms with Crippen LogP contribution in [0.4, 0.5) is 0 Å². The van der Waals surface area contributed by atoms with E-state index >= 15 is 0 Å². The molecule has 3 heterocycles. The lowest BCUT2D eigenvalue weighted by molar-refractivity contribution is -0.146. The zero-order valence-corrected chi connectivity index (χ0v) is 10.2. The lowest BCUT2D eigenvalue weighted by Crippen LogP contribution is -2.31. The second kappa shape index (κ2) is 4.53. The number of aliphatic hydroxyl groups is 1. The largest absolute Gasteiger partial charge is 0.394 e. The van der Waals surface area contributed by atoms with Gasteiger partial charge in [0.1, 0.15) is 24.6 Å². The van der Waals surface area contributed by atoms with Gasteiger partial charge >= 0.3 is 0 Å². The van der Waals surface area contributed by atoms with Gasteiger partial charge in [-0.1, -0.05) is 0 Å². The first-order chi connectivity index (χ1) is 9.10. The third kappa shape index (κ3) is 2.00. The molecule has 1 aromatic heterocycles. The molecule has 19 heavy (non-hydrogen) atoms. The molecule has 2 aliphatic heterocycles. The highest BCUT2D eigenvalue weighted by molar-refractivity contribution is 5.88. The molecule has 3 N–H and O–H groups in total. The van der Waals surface area contributed by atoms with Gasteiger partial charge in [0.05, 0.1) is 6.61 Å². The number of aliphatic hydroxyl groups excluding tert-OH is 1. The fourth-order valence-corrected chi connectivity index (χ4v) is 2.36. The lowest BCUT2D eigenvalue weighted by atomic mass is 10.1. The molecule has 9 nitrogen and oxygen atoms in total. The molecule has 1 amide bonds. The Labute approximate surface area is 108 Å². The van der Waals surface area contributed by atoms with Crippen LogP contribution in [0.25, 0.3) is 0 Å². The van der Waals surface area contributed by atoms with Crippen LogP contribution >= 0.6 is 0 Å². The van der Waals surface area contributed by atoms with Crippen molar-refractivity contribution in [1.82, 2.24) is 14.8 Å². The molecular weight excluding hydrogens is 256 g/mol. The van der Waals surface area contributed by atoms with Gasteiger partial charge in [0, 0.05) is 0 Å². The van der Waals surface area contributed by atoms with Crippen LogP contribution in [0.3, 0.4) is 0 Å². The molecule has 9 heteroatoms. The number of rotatable bonds is 3. The number of carbonyl (C=O) groups is 1. The summed E-state index contributed by atoms with van der Waals surface area (Å²) >= 11 is 0. The molecule has 0 radical (unpaired) electrons. The number of hydrogen-bond acceptors (Lipinski definition) is 7. The van der Waals surface area contributed by atoms with Crippen LogP contribution in [0.15, 0.2) is 6.33 Å². The Bertz CT molecular complexity index is 492. The number of aromatic nitrogens is 3. The Hall–Kier alpha value is -1.55. The monoisotopic (exact) mass is 270 g/mol. The Morgan fingerprint density at radius 2 is 2.21 bits per heavy atom. The van der Waals surface area contributed by atoms with Crippen LogP contribution in [-0.4, -0.2) is 57.0 Å². The first-order valence-corrected chi connectivity index (χ1v) is 5.88. The molecular formula is C10H14N4O5. The molecule has 0 bridgehead atoms. The van der Waals surface area contributed by atoms with Gasteiger partial charge in [0.15, 0.2) is 12.5 Å². The maximum absolute atomic E-state index is 11.0. The van der Waals surface area contributed by atoms with E-state index in [4.69, 9.17) is 19.9 Å². The molecule has 0 aliphatic carbocycles. The summed E-state index contributed by atoms with van der Waals surface area (Å²) in [6.07, 6.45) is -0.919. The van der Waals surface area contributed by atoms with Crippen molar-refractivity contribution in [3.8, 4) is 0 Å². The van der Waals surface area contributed by atoms with Crippen molar-refractivity contribution in [1.29, 1.82) is 0 Å². The van der Waals surface area contributed by atoms with Crippen LogP contribution in [0, 0.1) is 0 Å². The lowest BCUT2D eigenvalue weighted by Gasteiger charge is -2.17. The van der Waals surface area contributed by atoms with E-state index in [1.54, 1.807) is 6.92 Å². The summed E-state index contributed by atoms with van der Waals surface area (Å²) in [7, 11) is 0. The number of hydrogen-bond donors (Lipinski definition) is 2. The highest BCUT2D eigenvalue weighted by Gasteiger charge is 2.52. The van der Waals surface area contributed by atoms with E-state index in [1.165, 1.54) is 11.0 Å². The highest BCUT2D eigenvalue weighted by Crippen LogP contribution is 2.38. The minimum absolute atomic E-state index is 0.0976. The van der Waals surface area contributed by atoms with Gasteiger partial charge < -0.3 is 25.1 Å². The standard InChI is InChI=1S/C10H14N4O5/c1-4-17-6-5(2-15)19-10(7(6)18-4)14-3-12-9(13-14)8(11)16/h3-7,10,15H,2H2,1H3,(H2,11,16). The minimum atomic E-state index is -0.719. The van der Waals surface area contributed by atoms with Crippen molar-refractivity contribution in [2.45, 2.75) is 37.8 Å². The van der Waals surface area contributed by atoms with Crippen LogP contribution < -0.4 is 5.73 Å². The second-order valence-corrected chi connectivity index (χ2v) is 4.43. The molecule has 5 atom stereocenters. The predicted molar refractivity (Wildman–Crippen MR) is 58.7 cm³/mol. The van der Waals surface area contributed by atoms with Crippen molar-refractivity contribution in [3.63, 3.8) is 0 Å². The maximum Gasteiger partial charge on any atom is 0.288 e. The average Bonchev–Trinajstić information content (AvgIpc) is 3.02. The highest BCUT2D eigenvalue weighted by atomic mass is 16.8. The number of amides is 1. The quantitative estimate of drug-likeness (QED) is 0.678. The Morgan fingerprint density at radius 1 is 1.47 bits per heavy atom. The number of ether oxygens (including phenoxy) is 3. The molecule has 0 spiro atoms. The molecule has 2 saturated heterocycles. The Morgan fingerprint density at radius 3 is 2.84 bits per heavy atom. The third-order valence-corrected chi connectivity index (χ3v) is 3.15. The number of carbonyl (C=O) groups excluding carboxylic acids is 1. The molecule has 2 aliphatic rings. The van der Waals surface area contributed by atoms with Gasteiger partial charge in [-0.3, -0.25) is 4.79 Å². The summed E-state index contributed by atoms with van der Waals surface area (Å²) in [5, 5.41) is 13.2. The van der Waals surface area contributed by atoms with Crippen LogP contribution in [0.5, 0.6) is 0 Å². The molecule has 104 valence electrons. The fourth-order valence-electron chi connectivity index (χ4n) is 2.36. The summed E-state index contributed by atoms with van der Waals surface area (Å²) in [6.45, 7) is 1.57. The van der Waals surface area contributed by atoms with Gasteiger partial charge in [0.2, 0.25) is 5.82 Å². The van der Waals surface area contributed by atoms with Gasteiger partial charge in [-0.15, -0.1) is 5.10 Å². The topological polar surface area (TPSA) is 122 Å². The van der Waals surface area contributed by atoms with Gasteiger partial charge in [-0.25, -0.2) is 9.67 Å². The maximum atomic E-state index is 11.0. The van der Waals surface area contributed by atoms with E-state index in [1.807, 2.05) is 0 Å². The van der Waals surface area contributed by atoms with Crippen LogP contribution in [-0.2, 0) is 14.2 Å². The fraction of sp³-hybridized carbons (Fsp3) is 0.700. The van der Waals surface area contributed by atoms with Crippen molar-refractivity contribution in [2.24, 2.45) is 5.73 Å². The van der Waals surface area contributed by atoms with Gasteiger partial charge in [-0.05, 0) is 6.92 Å². The zero-order chi connectivity index (χ0) is 13.6. The smallest absolute Gasteiger partial charge is 0.288 e. The van der Waals surface area contributed by atoms with E-state index in [0.29, 0.717) is 0 Å². The summed E-state index contributed by atoms with van der Waals surface area (Å²) in [5.41, 5.74) is 5.09. The molecule has 0 aromatic carbocycles. The van der Waals surface area contributed by atoms with Gasteiger partial charge in [-0.2, -0.15) is 0 Å². The minimum Gasteiger partial charge on any atom is -0.394 e. The molecule has 5 unspecified atom stereocenters. The van der Waals surface area contributed by atoms with E-state index in [0.717, 1.165) is 0 Å². The summed E-state index contributed by atoms with van der Waals surface area (Å²) < 4.78 is 18.1. The predicted octanol–water partition coefficient (Wildman–Crippen LogP) is -1.60. The molecule has 0 saturated carbocycles. The summed E-state index contributed by atoms with van der Waals surface area (Å²) in [6, 6.07) is 0. The zero-order valence-electron chi connectivity index (χ0n) is 10.2. The Kier molecular flexibility index (Phi) is 2.97. The Balaban J connectivity index is 1.85. The van der Waals surface area contributed by atoms with Crippen molar-refractivity contribution in [3.05, 3.63) is 12.2 Å². The third-order valence-electron chi connectivity index (χ3n) is 3.15. The van der Waals surface area contributed by atoms with E-state index < -0.39 is 24.3 Å². The van der Waals surface area contributed by atoms with E-state index in [9.17, 15) is 9.90 Å². The molecule has 1 aromatic rings. The number of fused-ring (bicyclic) bond motifs is 1. The number of primary amides is 1. The average molecular weight is 270 g/mol. The summed E-state index contributed by atoms with van der Waals surface area (Å²) in [5.74, 6) is -0.816. The number of nitrogens with two attached hydrogens (primary N) is 1. The second-order valence-electron chi connectivity index (χ2n) is 4.43. The van der Waals surface area contributed by atoms with Crippen LogP contribution in [0.1, 0.15) is 23.8 Å². The normalized spacial score (nSPS) is 37.5. The van der Waals surface area contributed by atoms with Crippen LogP contribution in [0.2, 0.25) is 0 Å². The van der Waals surface area contributed by atoms with Crippen molar-refractivity contribution < 1.29 is 24.1 Å². The van der Waals surface area contributed by atoms with E-state index in [-0.39, 0.29) is 24.8 Å². The first-order valence-electron chi connectivity index (χ1n) is 5.88.